The van der Waals surface area contributed by atoms with E-state index in [1.54, 1.807) is 6.07 Å². The lowest BCUT2D eigenvalue weighted by molar-refractivity contribution is 0.469. The Hall–Kier alpha value is -3.32. The van der Waals surface area contributed by atoms with Gasteiger partial charge < -0.3 is 9.67 Å². The van der Waals surface area contributed by atoms with Crippen molar-refractivity contribution < 1.29 is 9.67 Å². The maximum Gasteiger partial charge on any atom is 0.154 e. The average Bonchev–Trinajstić information content (AvgIpc) is 2.87. The maximum absolute atomic E-state index is 15.5. The highest BCUT2D eigenvalue weighted by Crippen LogP contribution is 2.62. The van der Waals surface area contributed by atoms with Crippen LogP contribution in [0.4, 0.5) is 0 Å². The third-order valence-electron chi connectivity index (χ3n) is 6.05. The summed E-state index contributed by atoms with van der Waals surface area (Å²) in [5.74, 6) is 0.126. The highest BCUT2D eigenvalue weighted by molar-refractivity contribution is 7.79. The summed E-state index contributed by atoms with van der Waals surface area (Å²) in [5, 5.41) is 15.2. The van der Waals surface area contributed by atoms with E-state index in [1.807, 2.05) is 115 Å². The summed E-state index contributed by atoms with van der Waals surface area (Å²) in [6.45, 7) is 0. The molecule has 0 fully saturated rings. The van der Waals surface area contributed by atoms with E-state index in [1.165, 1.54) is 0 Å². The van der Waals surface area contributed by atoms with Crippen molar-refractivity contribution in [2.75, 3.05) is 0 Å². The molecule has 0 aliphatic carbocycles. The number of phenolic OH excluding ortho intramolecular Hbond substituents is 1. The van der Waals surface area contributed by atoms with E-state index < -0.39 is 12.8 Å². The number of phenols is 1. The number of rotatable bonds is 5. The van der Waals surface area contributed by atoms with Gasteiger partial charge >= 0.3 is 0 Å². The van der Waals surface area contributed by atoms with Crippen LogP contribution in [0, 0.1) is 0 Å². The van der Waals surface area contributed by atoms with E-state index in [-0.39, 0.29) is 5.75 Å². The van der Waals surface area contributed by atoms with E-state index in [0.29, 0.717) is 10.6 Å². The zero-order valence-electron chi connectivity index (χ0n) is 17.8. The fourth-order valence-corrected chi connectivity index (χ4v) is 8.00. The summed E-state index contributed by atoms with van der Waals surface area (Å²) >= 11 is 6.22. The Morgan fingerprint density at radius 1 is 0.636 bits per heavy atom. The first kappa shape index (κ1) is 21.5. The van der Waals surface area contributed by atoms with Gasteiger partial charge in [-0.05, 0) is 34.5 Å². The summed E-state index contributed by atoms with van der Waals surface area (Å²) in [4.78, 5) is 0. The molecule has 162 valence electrons. The lowest BCUT2D eigenvalue weighted by Gasteiger charge is -2.31. The second kappa shape index (κ2) is 8.90. The Bertz CT molecular complexity index is 1400. The van der Waals surface area contributed by atoms with Gasteiger partial charge in [0.2, 0.25) is 0 Å². The van der Waals surface area contributed by atoms with Gasteiger partial charge in [-0.2, -0.15) is 0 Å². The summed E-state index contributed by atoms with van der Waals surface area (Å²) in [5.41, 5.74) is 0.888. The van der Waals surface area contributed by atoms with Crippen molar-refractivity contribution >= 4 is 40.1 Å². The van der Waals surface area contributed by atoms with Crippen LogP contribution in [-0.2, 0) is 4.57 Å². The van der Waals surface area contributed by atoms with Crippen molar-refractivity contribution in [2.45, 2.75) is 5.66 Å². The third-order valence-corrected chi connectivity index (χ3v) is 9.72. The standard InChI is InChI=1S/C29H22ClO2P/c30-23-18-15-22(16-19-23)29(28-26-14-8-7-9-21(26)17-20-27(28)31)33(32,24-10-3-1-4-11-24)25-12-5-2-6-13-25/h1-20,29,31H. The predicted molar refractivity (Wildman–Crippen MR) is 139 cm³/mol. The molecule has 0 bridgehead atoms. The maximum atomic E-state index is 15.5. The molecule has 1 atom stereocenters. The molecule has 0 spiro atoms. The van der Waals surface area contributed by atoms with Gasteiger partial charge in [0.05, 0.1) is 5.66 Å². The molecule has 0 saturated heterocycles. The van der Waals surface area contributed by atoms with Crippen molar-refractivity contribution in [3.63, 3.8) is 0 Å². The van der Waals surface area contributed by atoms with Crippen LogP contribution >= 0.6 is 18.7 Å². The molecule has 0 saturated carbocycles. The minimum absolute atomic E-state index is 0.126. The predicted octanol–water partition coefficient (Wildman–Crippen LogP) is 7.30. The van der Waals surface area contributed by atoms with Crippen LogP contribution in [0.25, 0.3) is 10.8 Å². The third kappa shape index (κ3) is 3.86. The molecule has 5 aromatic rings. The first-order valence-electron chi connectivity index (χ1n) is 10.8. The molecule has 2 nitrogen and oxygen atoms in total. The number of benzene rings is 5. The number of hydrogen-bond acceptors (Lipinski definition) is 2. The van der Waals surface area contributed by atoms with Gasteiger partial charge in [0.15, 0.2) is 7.14 Å². The van der Waals surface area contributed by atoms with Crippen molar-refractivity contribution in [3.05, 3.63) is 137 Å². The van der Waals surface area contributed by atoms with Crippen LogP contribution in [0.5, 0.6) is 5.75 Å². The SMILES string of the molecule is O=P(c1ccccc1)(c1ccccc1)C(c1ccc(Cl)cc1)c1c(O)ccc2ccccc12. The molecule has 4 heteroatoms. The number of aromatic hydroxyl groups is 1. The van der Waals surface area contributed by atoms with Crippen LogP contribution in [0.15, 0.2) is 121 Å². The molecule has 33 heavy (non-hydrogen) atoms. The first-order chi connectivity index (χ1) is 16.1. The fraction of sp³-hybridized carbons (Fsp3) is 0.0345. The molecule has 1 N–H and O–H groups in total. The normalized spacial score (nSPS) is 12.5. The van der Waals surface area contributed by atoms with E-state index in [4.69, 9.17) is 11.6 Å². The summed E-state index contributed by atoms with van der Waals surface area (Å²) in [6.07, 6.45) is 0. The van der Waals surface area contributed by atoms with Gasteiger partial charge in [0, 0.05) is 21.2 Å². The topological polar surface area (TPSA) is 37.3 Å². The summed E-state index contributed by atoms with van der Waals surface area (Å²) in [6, 6.07) is 38.1. The smallest absolute Gasteiger partial charge is 0.154 e. The molecule has 0 aliphatic heterocycles. The second-order valence-electron chi connectivity index (χ2n) is 8.00. The Balaban J connectivity index is 1.91. The lowest BCUT2D eigenvalue weighted by Crippen LogP contribution is -2.22. The largest absolute Gasteiger partial charge is 0.508 e. The minimum atomic E-state index is -3.33. The van der Waals surface area contributed by atoms with Crippen molar-refractivity contribution in [1.82, 2.24) is 0 Å². The minimum Gasteiger partial charge on any atom is -0.508 e. The fourth-order valence-electron chi connectivity index (χ4n) is 4.52. The van der Waals surface area contributed by atoms with Crippen molar-refractivity contribution in [3.8, 4) is 5.75 Å². The molecular formula is C29H22ClO2P. The van der Waals surface area contributed by atoms with Crippen LogP contribution < -0.4 is 10.6 Å². The average molecular weight is 469 g/mol. The molecule has 0 radical (unpaired) electrons. The van der Waals surface area contributed by atoms with Gasteiger partial charge in [-0.15, -0.1) is 0 Å². The Labute approximate surface area is 198 Å². The Kier molecular flexibility index (Phi) is 5.81. The number of fused-ring (bicyclic) bond motifs is 1. The number of hydrogen-bond donors (Lipinski definition) is 1. The number of halogens is 1. The Morgan fingerprint density at radius 3 is 1.79 bits per heavy atom. The van der Waals surface area contributed by atoms with E-state index in [9.17, 15) is 5.11 Å². The van der Waals surface area contributed by atoms with Gasteiger partial charge in [-0.1, -0.05) is 115 Å². The van der Waals surface area contributed by atoms with Crippen molar-refractivity contribution in [2.24, 2.45) is 0 Å². The highest BCUT2D eigenvalue weighted by atomic mass is 35.5. The van der Waals surface area contributed by atoms with E-state index >= 15 is 4.57 Å². The Morgan fingerprint density at radius 2 is 1.18 bits per heavy atom. The molecule has 0 heterocycles. The molecular weight excluding hydrogens is 447 g/mol. The van der Waals surface area contributed by atoms with Gasteiger partial charge in [-0.3, -0.25) is 0 Å². The molecule has 5 rings (SSSR count). The van der Waals surface area contributed by atoms with E-state index in [0.717, 1.165) is 26.9 Å². The molecule has 5 aromatic carbocycles. The highest BCUT2D eigenvalue weighted by Gasteiger charge is 2.41. The quantitative estimate of drug-likeness (QED) is 0.275. The summed E-state index contributed by atoms with van der Waals surface area (Å²) < 4.78 is 15.5. The monoisotopic (exact) mass is 468 g/mol. The van der Waals surface area contributed by atoms with Crippen LogP contribution in [-0.4, -0.2) is 5.11 Å². The lowest BCUT2D eigenvalue weighted by atomic mass is 9.97. The van der Waals surface area contributed by atoms with E-state index in [2.05, 4.69) is 0 Å². The molecule has 0 aromatic heterocycles. The zero-order chi connectivity index (χ0) is 22.8. The van der Waals surface area contributed by atoms with Crippen molar-refractivity contribution in [1.29, 1.82) is 0 Å². The first-order valence-corrected chi connectivity index (χ1v) is 12.9. The van der Waals surface area contributed by atoms with Crippen LogP contribution in [0.3, 0.4) is 0 Å². The van der Waals surface area contributed by atoms with Gasteiger partial charge in [0.1, 0.15) is 5.75 Å². The van der Waals surface area contributed by atoms with Crippen LogP contribution in [0.2, 0.25) is 5.02 Å². The van der Waals surface area contributed by atoms with Gasteiger partial charge in [-0.25, -0.2) is 0 Å². The van der Waals surface area contributed by atoms with Gasteiger partial charge in [0.25, 0.3) is 0 Å². The molecule has 0 aliphatic rings. The molecule has 0 amide bonds. The summed E-state index contributed by atoms with van der Waals surface area (Å²) in [7, 11) is -3.33. The molecule has 1 unspecified atom stereocenters. The second-order valence-corrected chi connectivity index (χ2v) is 11.3. The van der Waals surface area contributed by atoms with Crippen LogP contribution in [0.1, 0.15) is 16.8 Å². The zero-order valence-corrected chi connectivity index (χ0v) is 19.5.